The van der Waals surface area contributed by atoms with Crippen LogP contribution in [0.2, 0.25) is 5.02 Å². The monoisotopic (exact) mass is 524 g/mol. The summed E-state index contributed by atoms with van der Waals surface area (Å²) < 4.78 is 24.4. The van der Waals surface area contributed by atoms with E-state index in [2.05, 4.69) is 10.6 Å². The molecule has 1 aliphatic heterocycles. The van der Waals surface area contributed by atoms with Crippen molar-refractivity contribution < 1.29 is 28.2 Å². The fourth-order valence-corrected chi connectivity index (χ4v) is 5.50. The molecule has 0 fully saturated rings. The van der Waals surface area contributed by atoms with Crippen molar-refractivity contribution in [2.24, 2.45) is 0 Å². The van der Waals surface area contributed by atoms with Crippen LogP contribution in [-0.4, -0.2) is 31.2 Å². The first-order valence-electron chi connectivity index (χ1n) is 12.2. The Morgan fingerprint density at radius 3 is 2.24 bits per heavy atom. The maximum Gasteiger partial charge on any atom is 0.262 e. The molecule has 1 heterocycles. The third-order valence-electron chi connectivity index (χ3n) is 6.85. The zero-order chi connectivity index (χ0) is 26.1. The van der Waals surface area contributed by atoms with Gasteiger partial charge in [-0.05, 0) is 67.6 Å². The van der Waals surface area contributed by atoms with E-state index in [9.17, 15) is 18.8 Å². The summed E-state index contributed by atoms with van der Waals surface area (Å²) in [4.78, 5) is 38.5. The molecule has 2 N–H and O–H groups in total. The number of anilines is 1. The fourth-order valence-electron chi connectivity index (χ4n) is 5.23. The zero-order valence-corrected chi connectivity index (χ0v) is 21.0. The number of methoxy groups -OCH3 is 1. The molecule has 2 aromatic carbocycles. The van der Waals surface area contributed by atoms with Crippen LogP contribution in [-0.2, 0) is 14.4 Å². The van der Waals surface area contributed by atoms with E-state index in [1.54, 1.807) is 12.1 Å². The van der Waals surface area contributed by atoms with E-state index in [1.807, 2.05) is 0 Å². The first-order chi connectivity index (χ1) is 17.9. The Hall–Kier alpha value is -3.65. The van der Waals surface area contributed by atoms with Crippen molar-refractivity contribution in [1.29, 1.82) is 0 Å². The second-order valence-electron chi connectivity index (χ2n) is 9.27. The zero-order valence-electron chi connectivity index (χ0n) is 20.3. The van der Waals surface area contributed by atoms with Crippen molar-refractivity contribution in [3.05, 3.63) is 75.3 Å². The van der Waals surface area contributed by atoms with E-state index in [0.29, 0.717) is 35.2 Å². The quantitative estimate of drug-likeness (QED) is 0.539. The predicted molar refractivity (Wildman–Crippen MR) is 136 cm³/mol. The van der Waals surface area contributed by atoms with Gasteiger partial charge in [-0.3, -0.25) is 14.4 Å². The van der Waals surface area contributed by atoms with Gasteiger partial charge in [0.2, 0.25) is 0 Å². The highest BCUT2D eigenvalue weighted by Crippen LogP contribution is 2.48. The second kappa shape index (κ2) is 10.4. The van der Waals surface area contributed by atoms with Crippen LogP contribution in [0.1, 0.15) is 50.0 Å². The number of allylic oxidation sites excluding steroid dienone is 4. The van der Waals surface area contributed by atoms with Gasteiger partial charge in [-0.25, -0.2) is 4.39 Å². The van der Waals surface area contributed by atoms with Gasteiger partial charge in [0.15, 0.2) is 29.7 Å². The van der Waals surface area contributed by atoms with Gasteiger partial charge < -0.3 is 20.1 Å². The molecule has 0 saturated carbocycles. The Morgan fingerprint density at radius 2 is 1.65 bits per heavy atom. The van der Waals surface area contributed by atoms with Crippen molar-refractivity contribution in [3.63, 3.8) is 0 Å². The number of benzene rings is 2. The lowest BCUT2D eigenvalue weighted by molar-refractivity contribution is -0.118. The Kier molecular flexibility index (Phi) is 7.02. The van der Waals surface area contributed by atoms with Crippen LogP contribution in [0.15, 0.2) is 58.9 Å². The summed E-state index contributed by atoms with van der Waals surface area (Å²) in [6.07, 6.45) is 3.90. The normalized spacial score (nSPS) is 17.7. The van der Waals surface area contributed by atoms with Gasteiger partial charge in [-0.2, -0.15) is 0 Å². The van der Waals surface area contributed by atoms with Crippen molar-refractivity contribution in [1.82, 2.24) is 5.32 Å². The van der Waals surface area contributed by atoms with Crippen LogP contribution in [0.4, 0.5) is 10.1 Å². The standard InChI is InChI=1S/C28H26ClFN2O5/c1-36-23-13-15(12-18(29)28(23)37-14-24(35)31-17-10-8-16(30)9-11-17)25-26-19(4-2-6-21(26)33)32-20-5-3-7-22(34)27(20)25/h8-13,25,32H,2-7,14H2,1H3,(H,31,35). The molecule has 0 atom stereocenters. The van der Waals surface area contributed by atoms with Crippen molar-refractivity contribution in [3.8, 4) is 11.5 Å². The van der Waals surface area contributed by atoms with Crippen molar-refractivity contribution >= 4 is 34.8 Å². The Balaban J connectivity index is 1.45. The lowest BCUT2D eigenvalue weighted by Gasteiger charge is -2.37. The number of hydrogen-bond donors (Lipinski definition) is 2. The number of halogens is 2. The van der Waals surface area contributed by atoms with E-state index in [-0.39, 0.29) is 34.7 Å². The van der Waals surface area contributed by atoms with Gasteiger partial charge in [0.05, 0.1) is 12.1 Å². The third kappa shape index (κ3) is 4.98. The molecule has 0 bridgehead atoms. The minimum atomic E-state index is -0.533. The van der Waals surface area contributed by atoms with Crippen LogP contribution in [0, 0.1) is 5.82 Å². The molecule has 0 aromatic heterocycles. The maximum atomic E-state index is 13.1. The minimum Gasteiger partial charge on any atom is -0.493 e. The summed E-state index contributed by atoms with van der Waals surface area (Å²) in [5.41, 5.74) is 4.08. The van der Waals surface area contributed by atoms with Crippen molar-refractivity contribution in [2.75, 3.05) is 19.0 Å². The van der Waals surface area contributed by atoms with Gasteiger partial charge in [0, 0.05) is 47.0 Å². The highest BCUT2D eigenvalue weighted by molar-refractivity contribution is 6.32. The van der Waals surface area contributed by atoms with Gasteiger partial charge >= 0.3 is 0 Å². The van der Waals surface area contributed by atoms with Crippen LogP contribution in [0.5, 0.6) is 11.5 Å². The molecule has 2 aromatic rings. The van der Waals surface area contributed by atoms with Crippen LogP contribution in [0.3, 0.4) is 0 Å². The van der Waals surface area contributed by atoms with Gasteiger partial charge in [-0.15, -0.1) is 0 Å². The average Bonchev–Trinajstić information content (AvgIpc) is 2.88. The SMILES string of the molecule is COc1cc(C2C3=C(CCCC3=O)NC3=C2C(=O)CCC3)cc(Cl)c1OCC(=O)Nc1ccc(F)cc1. The molecule has 192 valence electrons. The van der Waals surface area contributed by atoms with E-state index in [1.165, 1.54) is 31.4 Å². The number of dihydropyridines is 1. The predicted octanol–water partition coefficient (Wildman–Crippen LogP) is 5.21. The van der Waals surface area contributed by atoms with Gasteiger partial charge in [0.1, 0.15) is 5.82 Å². The number of Topliss-reactive ketones (excluding diaryl/α,β-unsaturated/α-hetero) is 2. The van der Waals surface area contributed by atoms with Gasteiger partial charge in [0.25, 0.3) is 5.91 Å². The van der Waals surface area contributed by atoms with Crippen LogP contribution in [0.25, 0.3) is 0 Å². The van der Waals surface area contributed by atoms with Crippen LogP contribution >= 0.6 is 11.6 Å². The second-order valence-corrected chi connectivity index (χ2v) is 9.68. The van der Waals surface area contributed by atoms with Crippen molar-refractivity contribution in [2.45, 2.75) is 44.4 Å². The molecule has 0 unspecified atom stereocenters. The Bertz CT molecular complexity index is 1310. The fraction of sp³-hybridized carbons (Fsp3) is 0.321. The lowest BCUT2D eigenvalue weighted by Crippen LogP contribution is -2.36. The summed E-state index contributed by atoms with van der Waals surface area (Å²) in [7, 11) is 1.45. The summed E-state index contributed by atoms with van der Waals surface area (Å²) in [5.74, 6) is -0.898. The van der Waals surface area contributed by atoms with Gasteiger partial charge in [-0.1, -0.05) is 11.6 Å². The Morgan fingerprint density at radius 1 is 1.03 bits per heavy atom. The molecule has 5 rings (SSSR count). The number of carbonyl (C=O) groups is 3. The third-order valence-corrected chi connectivity index (χ3v) is 7.13. The average molecular weight is 525 g/mol. The number of hydrogen-bond acceptors (Lipinski definition) is 6. The molecule has 7 nitrogen and oxygen atoms in total. The highest BCUT2D eigenvalue weighted by atomic mass is 35.5. The first kappa shape index (κ1) is 25.0. The molecule has 3 aliphatic rings. The molecule has 0 spiro atoms. The molecule has 2 aliphatic carbocycles. The molecular formula is C28H26ClFN2O5. The molecule has 9 heteroatoms. The van der Waals surface area contributed by atoms with E-state index in [0.717, 1.165) is 37.1 Å². The highest BCUT2D eigenvalue weighted by Gasteiger charge is 2.40. The van der Waals surface area contributed by atoms with E-state index >= 15 is 0 Å². The molecule has 37 heavy (non-hydrogen) atoms. The number of carbonyl (C=O) groups excluding carboxylic acids is 3. The summed E-state index contributed by atoms with van der Waals surface area (Å²) in [6.45, 7) is -0.359. The van der Waals surface area contributed by atoms with E-state index < -0.39 is 17.6 Å². The summed E-state index contributed by atoms with van der Waals surface area (Å²) in [5, 5.41) is 6.21. The largest absolute Gasteiger partial charge is 0.493 e. The van der Waals surface area contributed by atoms with E-state index in [4.69, 9.17) is 21.1 Å². The summed E-state index contributed by atoms with van der Waals surface area (Å²) in [6, 6.07) is 8.76. The molecule has 0 saturated heterocycles. The summed E-state index contributed by atoms with van der Waals surface area (Å²) >= 11 is 6.62. The lowest BCUT2D eigenvalue weighted by atomic mass is 9.71. The minimum absolute atomic E-state index is 0.0246. The maximum absolute atomic E-state index is 13.1. The number of nitrogens with one attached hydrogen (secondary N) is 2. The molecule has 1 amide bonds. The first-order valence-corrected chi connectivity index (χ1v) is 12.6. The smallest absolute Gasteiger partial charge is 0.262 e. The van der Waals surface area contributed by atoms with Crippen LogP contribution < -0.4 is 20.1 Å². The molecular weight excluding hydrogens is 499 g/mol. The number of rotatable bonds is 6. The number of ether oxygens (including phenoxy) is 2. The molecule has 0 radical (unpaired) electrons. The number of ketones is 2. The topological polar surface area (TPSA) is 93.7 Å². The Labute approximate surface area is 218 Å². The number of amides is 1.